The molecule has 11 heteroatoms. The summed E-state index contributed by atoms with van der Waals surface area (Å²) < 4.78 is 108. The first kappa shape index (κ1) is 14.8. The van der Waals surface area contributed by atoms with Crippen LogP contribution in [0.4, 0.5) is 39.5 Å². The number of alkyl halides is 9. The molecule has 0 fully saturated rings. The summed E-state index contributed by atoms with van der Waals surface area (Å²) in [5.41, 5.74) is -6.23. The smallest absolute Gasteiger partial charge is 0.274 e. The van der Waals surface area contributed by atoms with Gasteiger partial charge in [0.2, 0.25) is 0 Å². The molecule has 0 radical (unpaired) electrons. The van der Waals surface area contributed by atoms with Gasteiger partial charge in [-0.3, -0.25) is 3.83 Å². The maximum atomic E-state index is 11.8. The van der Waals surface area contributed by atoms with Gasteiger partial charge in [0, 0.05) is 0 Å². The van der Waals surface area contributed by atoms with Gasteiger partial charge in [-0.05, 0) is 0 Å². The first-order valence-corrected chi connectivity index (χ1v) is 3.46. The van der Waals surface area contributed by atoms with Crippen LogP contribution in [-0.2, 0) is 3.83 Å². The summed E-state index contributed by atoms with van der Waals surface area (Å²) in [6.45, 7) is 0. The highest BCUT2D eigenvalue weighted by Gasteiger charge is 2.85. The van der Waals surface area contributed by atoms with Gasteiger partial charge in [-0.1, -0.05) is 0 Å². The molecule has 0 aliphatic carbocycles. The van der Waals surface area contributed by atoms with Crippen LogP contribution in [0.1, 0.15) is 0 Å². The predicted octanol–water partition coefficient (Wildman–Crippen LogP) is 3.74. The summed E-state index contributed by atoms with van der Waals surface area (Å²) in [5, 5.41) is 0. The number of hydrogen-bond donors (Lipinski definition) is 0. The monoisotopic (exact) mass is 314 g/mol. The van der Waals surface area contributed by atoms with Crippen molar-refractivity contribution in [2.24, 2.45) is 0 Å². The third-order valence-electron chi connectivity index (χ3n) is 1.31. The van der Waals surface area contributed by atoms with Gasteiger partial charge in [-0.25, -0.2) is 0 Å². The fourth-order valence-electron chi connectivity index (χ4n) is 0.613. The van der Waals surface area contributed by atoms with Gasteiger partial charge in [0.25, 0.3) is 0 Å². The lowest BCUT2D eigenvalue weighted by Crippen LogP contribution is -2.66. The summed E-state index contributed by atoms with van der Waals surface area (Å²) >= 11 is 1.12. The van der Waals surface area contributed by atoms with Crippen LogP contribution in [0.3, 0.4) is 0 Å². The zero-order valence-electron chi connectivity index (χ0n) is 6.19. The zero-order chi connectivity index (χ0) is 12.7. The second-order valence-electron chi connectivity index (χ2n) is 2.25. The molecule has 0 heterocycles. The van der Waals surface area contributed by atoms with Crippen molar-refractivity contribution >= 4 is 16.3 Å². The Balaban J connectivity index is 5.78. The molecule has 0 rings (SSSR count). The van der Waals surface area contributed by atoms with Crippen molar-refractivity contribution < 1.29 is 43.3 Å². The molecule has 0 bridgehead atoms. The predicted molar refractivity (Wildman–Crippen MR) is 30.9 cm³/mol. The van der Waals surface area contributed by atoms with Crippen molar-refractivity contribution in [3.05, 3.63) is 0 Å². The van der Waals surface area contributed by atoms with Crippen LogP contribution in [0.25, 0.3) is 0 Å². The van der Waals surface area contributed by atoms with E-state index in [-0.39, 0.29) is 0 Å². The van der Waals surface area contributed by atoms with Crippen LogP contribution in [0.5, 0.6) is 0 Å². The van der Waals surface area contributed by atoms with E-state index in [0.29, 0.717) is 0 Å². The molecule has 0 aliphatic heterocycles. The summed E-state index contributed by atoms with van der Waals surface area (Å²) in [5.74, 6) is 0. The van der Waals surface area contributed by atoms with Gasteiger partial charge in [0.1, 0.15) is 16.3 Å². The van der Waals surface area contributed by atoms with Crippen molar-refractivity contribution in [1.82, 2.24) is 0 Å². The maximum Gasteiger partial charge on any atom is 0.437 e. The molecule has 0 spiro atoms. The Morgan fingerprint density at radius 3 is 0.800 bits per heavy atom. The second kappa shape index (κ2) is 3.68. The summed E-state index contributed by atoms with van der Waals surface area (Å²) in [4.78, 5) is 0. The minimum Gasteiger partial charge on any atom is -0.274 e. The van der Waals surface area contributed by atoms with Gasteiger partial charge in [0.05, 0.1) is 0 Å². The molecule has 0 aliphatic rings. The molecular formula is C4BrF9O. The van der Waals surface area contributed by atoms with Gasteiger partial charge in [-0.2, -0.15) is 39.5 Å². The molecule has 0 saturated heterocycles. The largest absolute Gasteiger partial charge is 0.437 e. The zero-order valence-corrected chi connectivity index (χ0v) is 7.77. The number of rotatable bonds is 1. The van der Waals surface area contributed by atoms with Crippen molar-refractivity contribution in [2.45, 2.75) is 24.1 Å². The molecule has 0 N–H and O–H groups in total. The molecule has 0 aromatic heterocycles. The Morgan fingerprint density at radius 2 is 0.800 bits per heavy atom. The molecule has 0 saturated carbocycles. The molecular weight excluding hydrogens is 315 g/mol. The first-order valence-electron chi connectivity index (χ1n) is 2.81. The van der Waals surface area contributed by atoms with E-state index in [2.05, 4.69) is 3.83 Å². The molecule has 0 atom stereocenters. The summed E-state index contributed by atoms with van der Waals surface area (Å²) in [7, 11) is 0. The van der Waals surface area contributed by atoms with Crippen molar-refractivity contribution in [2.75, 3.05) is 0 Å². The highest BCUT2D eigenvalue weighted by Crippen LogP contribution is 2.55. The Labute approximate surface area is 84.6 Å². The van der Waals surface area contributed by atoms with E-state index < -0.39 is 24.1 Å². The quantitative estimate of drug-likeness (QED) is 0.670. The van der Waals surface area contributed by atoms with Crippen molar-refractivity contribution in [3.8, 4) is 0 Å². The lowest BCUT2D eigenvalue weighted by molar-refractivity contribution is -0.432. The van der Waals surface area contributed by atoms with Gasteiger partial charge >= 0.3 is 24.1 Å². The van der Waals surface area contributed by atoms with E-state index in [0.717, 1.165) is 16.3 Å². The Bertz CT molecular complexity index is 188. The van der Waals surface area contributed by atoms with E-state index in [4.69, 9.17) is 0 Å². The molecule has 92 valence electrons. The Morgan fingerprint density at radius 1 is 0.600 bits per heavy atom. The number of hydrogen-bond acceptors (Lipinski definition) is 1. The maximum absolute atomic E-state index is 11.8. The normalized spacial score (nSPS) is 15.6. The average molecular weight is 315 g/mol. The first-order chi connectivity index (χ1) is 6.31. The molecule has 0 unspecified atom stereocenters. The van der Waals surface area contributed by atoms with Crippen LogP contribution in [0, 0.1) is 0 Å². The van der Waals surface area contributed by atoms with E-state index in [1.54, 1.807) is 0 Å². The SMILES string of the molecule is FC(F)(F)C(OBr)(C(F)(F)F)C(F)(F)F. The summed E-state index contributed by atoms with van der Waals surface area (Å²) in [6, 6.07) is 0. The standard InChI is InChI=1S/C4BrF9O/c5-15-1(2(6,7)8,3(9,10)11)4(12,13)14. The Kier molecular flexibility index (Phi) is 3.63. The van der Waals surface area contributed by atoms with E-state index >= 15 is 0 Å². The molecule has 0 aromatic rings. The fourth-order valence-corrected chi connectivity index (χ4v) is 1.16. The van der Waals surface area contributed by atoms with E-state index in [9.17, 15) is 39.5 Å². The fraction of sp³-hybridized carbons (Fsp3) is 1.00. The number of halogens is 10. The summed E-state index contributed by atoms with van der Waals surface area (Å²) in [6.07, 6.45) is -20.1. The molecule has 0 amide bonds. The minimum atomic E-state index is -6.69. The lowest BCUT2D eigenvalue weighted by Gasteiger charge is -2.35. The van der Waals surface area contributed by atoms with Crippen molar-refractivity contribution in [1.29, 1.82) is 0 Å². The third-order valence-corrected chi connectivity index (χ3v) is 1.80. The van der Waals surface area contributed by atoms with Gasteiger partial charge in [-0.15, -0.1) is 0 Å². The van der Waals surface area contributed by atoms with Gasteiger partial charge in [0.15, 0.2) is 0 Å². The Hall–Kier alpha value is -0.190. The average Bonchev–Trinajstić information content (AvgIpc) is 1.76. The molecule has 0 aromatic carbocycles. The van der Waals surface area contributed by atoms with Crippen LogP contribution in [0.2, 0.25) is 0 Å². The highest BCUT2D eigenvalue weighted by molar-refractivity contribution is 9.06. The van der Waals surface area contributed by atoms with E-state index in [1.165, 1.54) is 0 Å². The van der Waals surface area contributed by atoms with Gasteiger partial charge < -0.3 is 0 Å². The molecule has 15 heavy (non-hydrogen) atoms. The third kappa shape index (κ3) is 2.17. The lowest BCUT2D eigenvalue weighted by atomic mass is 10.0. The molecule has 1 nitrogen and oxygen atoms in total. The van der Waals surface area contributed by atoms with Crippen LogP contribution in [0.15, 0.2) is 0 Å². The van der Waals surface area contributed by atoms with Crippen molar-refractivity contribution in [3.63, 3.8) is 0 Å². The topological polar surface area (TPSA) is 9.23 Å². The van der Waals surface area contributed by atoms with E-state index in [1.807, 2.05) is 0 Å². The van der Waals surface area contributed by atoms with Crippen LogP contribution < -0.4 is 0 Å². The highest BCUT2D eigenvalue weighted by atomic mass is 79.9. The van der Waals surface area contributed by atoms with Crippen LogP contribution >= 0.6 is 16.3 Å². The van der Waals surface area contributed by atoms with Crippen LogP contribution in [-0.4, -0.2) is 24.1 Å². The second-order valence-corrected chi connectivity index (χ2v) is 2.58. The minimum absolute atomic E-state index is 1.12.